The number of nitrogens with two attached hydrogens (primary N) is 1. The van der Waals surface area contributed by atoms with Crippen molar-refractivity contribution in [2.75, 3.05) is 25.9 Å². The van der Waals surface area contributed by atoms with E-state index in [2.05, 4.69) is 59.9 Å². The molecule has 3 aromatic heterocycles. The van der Waals surface area contributed by atoms with Crippen LogP contribution in [0.25, 0.3) is 16.6 Å². The molecule has 0 saturated carbocycles. The minimum atomic E-state index is -0.178. The molecule has 2 aliphatic rings. The standard InChI is InChI=1S/C25H32N8OS/c1-14-6-7-15(29-23(34)24-30-18(12-35-24)25(2,3)4)10-17(14)20-19-21(26)27-13-28-22(19)33(31-20)16-8-9-32(5)11-16/h10,12-13,16H,6-9,11H2,1-5H3,(H,29,34)(H2,26,27,28)/t16-/m1/s1. The van der Waals surface area contributed by atoms with Gasteiger partial charge in [-0.05, 0) is 39.3 Å². The van der Waals surface area contributed by atoms with E-state index in [4.69, 9.17) is 10.8 Å². The van der Waals surface area contributed by atoms with Crippen LogP contribution in [0.4, 0.5) is 5.82 Å². The lowest BCUT2D eigenvalue weighted by atomic mass is 9.93. The molecule has 0 bridgehead atoms. The zero-order valence-corrected chi connectivity index (χ0v) is 21.7. The number of rotatable bonds is 4. The number of nitrogens with zero attached hydrogens (tertiary/aromatic N) is 6. The predicted molar refractivity (Wildman–Crippen MR) is 139 cm³/mol. The minimum absolute atomic E-state index is 0.0951. The number of allylic oxidation sites excluding steroid dienone is 4. The van der Waals surface area contributed by atoms with E-state index in [1.54, 1.807) is 0 Å². The molecule has 0 aromatic carbocycles. The number of thiazole rings is 1. The number of carbonyl (C=O) groups is 1. The summed E-state index contributed by atoms with van der Waals surface area (Å²) in [6.45, 7) is 10.3. The number of hydrogen-bond donors (Lipinski definition) is 2. The summed E-state index contributed by atoms with van der Waals surface area (Å²) in [6.07, 6.45) is 6.10. The monoisotopic (exact) mass is 492 g/mol. The van der Waals surface area contributed by atoms with Crippen molar-refractivity contribution in [3.8, 4) is 0 Å². The van der Waals surface area contributed by atoms with Gasteiger partial charge in [-0.3, -0.25) is 4.79 Å². The lowest BCUT2D eigenvalue weighted by Gasteiger charge is -2.18. The van der Waals surface area contributed by atoms with Gasteiger partial charge < -0.3 is 16.0 Å². The lowest BCUT2D eigenvalue weighted by molar-refractivity contribution is 0.0964. The molecule has 1 saturated heterocycles. The minimum Gasteiger partial charge on any atom is -0.383 e. The summed E-state index contributed by atoms with van der Waals surface area (Å²) < 4.78 is 2.01. The number of anilines is 1. The third kappa shape index (κ3) is 4.48. The van der Waals surface area contributed by atoms with Gasteiger partial charge in [0, 0.05) is 35.2 Å². The topological polar surface area (TPSA) is 115 Å². The van der Waals surface area contributed by atoms with Gasteiger partial charge in [0.2, 0.25) is 0 Å². The Labute approximate surface area is 209 Å². The Kier molecular flexibility index (Phi) is 5.96. The molecule has 1 fully saturated rings. The van der Waals surface area contributed by atoms with Crippen LogP contribution >= 0.6 is 11.3 Å². The van der Waals surface area contributed by atoms with E-state index in [-0.39, 0.29) is 17.4 Å². The van der Waals surface area contributed by atoms with Gasteiger partial charge in [0.15, 0.2) is 10.7 Å². The molecule has 35 heavy (non-hydrogen) atoms. The van der Waals surface area contributed by atoms with Crippen molar-refractivity contribution in [2.45, 2.75) is 58.4 Å². The molecule has 3 aromatic rings. The van der Waals surface area contributed by atoms with Crippen molar-refractivity contribution < 1.29 is 4.79 Å². The number of likely N-dealkylation sites (N-methyl/N-ethyl adjacent to an activating group) is 1. The van der Waals surface area contributed by atoms with Crippen LogP contribution in [0.1, 0.15) is 74.2 Å². The van der Waals surface area contributed by atoms with Crippen LogP contribution in [0.15, 0.2) is 29.1 Å². The van der Waals surface area contributed by atoms with E-state index < -0.39 is 0 Å². The summed E-state index contributed by atoms with van der Waals surface area (Å²) in [5.74, 6) is 0.243. The Bertz CT molecular complexity index is 1360. The van der Waals surface area contributed by atoms with E-state index in [1.807, 2.05) is 16.1 Å². The van der Waals surface area contributed by atoms with Gasteiger partial charge in [-0.25, -0.2) is 19.6 Å². The molecule has 4 heterocycles. The van der Waals surface area contributed by atoms with Gasteiger partial charge in [0.25, 0.3) is 5.91 Å². The fourth-order valence-electron chi connectivity index (χ4n) is 4.67. The van der Waals surface area contributed by atoms with Crippen molar-refractivity contribution in [1.82, 2.24) is 34.9 Å². The normalized spacial score (nSPS) is 19.5. The quantitative estimate of drug-likeness (QED) is 0.567. The predicted octanol–water partition coefficient (Wildman–Crippen LogP) is 3.92. The highest BCUT2D eigenvalue weighted by Gasteiger charge is 2.28. The van der Waals surface area contributed by atoms with Gasteiger partial charge in [-0.2, -0.15) is 5.10 Å². The molecule has 10 heteroatoms. The van der Waals surface area contributed by atoms with Crippen molar-refractivity contribution in [3.05, 3.63) is 45.4 Å². The molecular weight excluding hydrogens is 460 g/mol. The Morgan fingerprint density at radius 3 is 2.74 bits per heavy atom. The number of fused-ring (bicyclic) bond motifs is 1. The summed E-state index contributed by atoms with van der Waals surface area (Å²) >= 11 is 1.38. The number of hydrogen-bond acceptors (Lipinski definition) is 8. The Morgan fingerprint density at radius 2 is 2.06 bits per heavy atom. The molecule has 9 nitrogen and oxygen atoms in total. The molecule has 5 rings (SSSR count). The SMILES string of the molecule is CC1=C(c2nn([C@@H]3CCN(C)C3)c3ncnc(N)c23)C=C(NC(=O)c2nc(C(C)(C)C)cs2)CC1. The van der Waals surface area contributed by atoms with Gasteiger partial charge in [-0.1, -0.05) is 26.3 Å². The van der Waals surface area contributed by atoms with Crippen LogP contribution in [0.2, 0.25) is 0 Å². The van der Waals surface area contributed by atoms with E-state index in [0.29, 0.717) is 10.8 Å². The zero-order valence-electron chi connectivity index (χ0n) is 20.9. The first-order valence-electron chi connectivity index (χ1n) is 12.0. The molecule has 1 aliphatic heterocycles. The second-order valence-corrected chi connectivity index (χ2v) is 11.4. The van der Waals surface area contributed by atoms with E-state index in [1.165, 1.54) is 23.2 Å². The van der Waals surface area contributed by atoms with Crippen molar-refractivity contribution in [2.24, 2.45) is 0 Å². The maximum absolute atomic E-state index is 13.0. The Morgan fingerprint density at radius 1 is 1.26 bits per heavy atom. The molecule has 1 atom stereocenters. The first kappa shape index (κ1) is 23.6. The number of likely N-dealkylation sites (tertiary alicyclic amines) is 1. The molecule has 184 valence electrons. The molecule has 0 unspecified atom stereocenters. The average Bonchev–Trinajstić information content (AvgIpc) is 3.53. The maximum Gasteiger partial charge on any atom is 0.284 e. The summed E-state index contributed by atoms with van der Waals surface area (Å²) in [5.41, 5.74) is 11.7. The number of amides is 1. The molecule has 0 spiro atoms. The first-order chi connectivity index (χ1) is 16.6. The Hall–Kier alpha value is -3.11. The van der Waals surface area contributed by atoms with Crippen LogP contribution < -0.4 is 11.1 Å². The van der Waals surface area contributed by atoms with Gasteiger partial charge in [-0.15, -0.1) is 11.3 Å². The zero-order chi connectivity index (χ0) is 24.9. The van der Waals surface area contributed by atoms with Gasteiger partial charge in [0.1, 0.15) is 17.8 Å². The van der Waals surface area contributed by atoms with E-state index in [0.717, 1.165) is 66.0 Å². The van der Waals surface area contributed by atoms with Crippen LogP contribution in [0.5, 0.6) is 0 Å². The van der Waals surface area contributed by atoms with E-state index in [9.17, 15) is 4.79 Å². The van der Waals surface area contributed by atoms with Crippen LogP contribution in [0.3, 0.4) is 0 Å². The maximum atomic E-state index is 13.0. The second kappa shape index (κ2) is 8.83. The van der Waals surface area contributed by atoms with Crippen molar-refractivity contribution in [1.29, 1.82) is 0 Å². The smallest absolute Gasteiger partial charge is 0.284 e. The van der Waals surface area contributed by atoms with Crippen molar-refractivity contribution >= 4 is 39.7 Å². The number of nitrogen functional groups attached to an aromatic ring is 1. The lowest BCUT2D eigenvalue weighted by Crippen LogP contribution is -2.24. The first-order valence-corrected chi connectivity index (χ1v) is 12.8. The third-order valence-corrected chi connectivity index (χ3v) is 7.62. The Balaban J connectivity index is 1.49. The average molecular weight is 493 g/mol. The van der Waals surface area contributed by atoms with Crippen LogP contribution in [-0.2, 0) is 5.41 Å². The number of carbonyl (C=O) groups excluding carboxylic acids is 1. The molecule has 0 radical (unpaired) electrons. The summed E-state index contributed by atoms with van der Waals surface area (Å²) in [4.78, 5) is 28.6. The fraction of sp³-hybridized carbons (Fsp3) is 0.480. The van der Waals surface area contributed by atoms with Gasteiger partial charge in [0.05, 0.1) is 17.1 Å². The van der Waals surface area contributed by atoms with Gasteiger partial charge >= 0.3 is 0 Å². The highest BCUT2D eigenvalue weighted by Crippen LogP contribution is 2.36. The number of aromatic nitrogens is 5. The third-order valence-electron chi connectivity index (χ3n) is 6.77. The molecule has 1 aliphatic carbocycles. The fourth-order valence-corrected chi connectivity index (χ4v) is 5.61. The molecule has 3 N–H and O–H groups in total. The van der Waals surface area contributed by atoms with E-state index >= 15 is 0 Å². The summed E-state index contributed by atoms with van der Waals surface area (Å²) in [7, 11) is 2.12. The van der Waals surface area contributed by atoms with Crippen LogP contribution in [0, 0.1) is 0 Å². The largest absolute Gasteiger partial charge is 0.383 e. The number of nitrogens with one attached hydrogen (secondary N) is 1. The molecule has 1 amide bonds. The molecular formula is C25H32N8OS. The summed E-state index contributed by atoms with van der Waals surface area (Å²) in [6, 6.07) is 0.236. The second-order valence-electron chi connectivity index (χ2n) is 10.6. The van der Waals surface area contributed by atoms with Crippen LogP contribution in [-0.4, -0.2) is 55.7 Å². The summed E-state index contributed by atoms with van der Waals surface area (Å²) in [5, 5.41) is 11.3. The highest BCUT2D eigenvalue weighted by molar-refractivity contribution is 7.11. The van der Waals surface area contributed by atoms with Crippen molar-refractivity contribution in [3.63, 3.8) is 0 Å². The highest BCUT2D eigenvalue weighted by atomic mass is 32.1.